The van der Waals surface area contributed by atoms with Crippen LogP contribution in [0.4, 0.5) is 11.4 Å². The van der Waals surface area contributed by atoms with Crippen LogP contribution in [0.3, 0.4) is 0 Å². The van der Waals surface area contributed by atoms with Crippen LogP contribution in [0.1, 0.15) is 38.2 Å². The number of nitrogens with one attached hydrogen (secondary N) is 1. The molecule has 3 aromatic rings. The molecule has 6 nitrogen and oxygen atoms in total. The van der Waals surface area contributed by atoms with E-state index in [2.05, 4.69) is 10.3 Å². The number of rotatable bonds is 5. The van der Waals surface area contributed by atoms with Crippen molar-refractivity contribution in [3.8, 4) is 5.75 Å². The Hall–Kier alpha value is -4.19. The molecule has 0 radical (unpaired) electrons. The van der Waals surface area contributed by atoms with Gasteiger partial charge in [0.2, 0.25) is 6.41 Å². The number of methoxy groups -OCH3 is 1. The molecule has 0 unspecified atom stereocenters. The number of hydrogen-bond donors (Lipinski definition) is 1. The second kappa shape index (κ2) is 9.53. The first-order chi connectivity index (χ1) is 16.0. The lowest BCUT2D eigenvalue weighted by Gasteiger charge is -2.11. The van der Waals surface area contributed by atoms with Crippen LogP contribution in [0.2, 0.25) is 0 Å². The minimum absolute atomic E-state index is 0.414. The highest BCUT2D eigenvalue weighted by molar-refractivity contribution is 5.98. The van der Waals surface area contributed by atoms with Gasteiger partial charge in [0.1, 0.15) is 12.4 Å². The third kappa shape index (κ3) is 4.55. The number of amides is 1. The molecule has 0 saturated heterocycles. The SMILES string of the molecule is COC(=O)c1ccc2c(c1)/C(=C/C=Nc1cc(C)c(C)cc1NC=O)c1ccccc1CO2. The molecule has 166 valence electrons. The lowest BCUT2D eigenvalue weighted by molar-refractivity contribution is -0.105. The molecule has 33 heavy (non-hydrogen) atoms. The minimum atomic E-state index is -0.414. The fourth-order valence-electron chi connectivity index (χ4n) is 3.78. The summed E-state index contributed by atoms with van der Waals surface area (Å²) in [6.45, 7) is 4.40. The van der Waals surface area contributed by atoms with E-state index in [9.17, 15) is 9.59 Å². The molecule has 4 rings (SSSR count). The number of aliphatic imine (C=N–C) groups is 1. The second-order valence-electron chi connectivity index (χ2n) is 7.72. The Balaban J connectivity index is 1.84. The van der Waals surface area contributed by atoms with Gasteiger partial charge >= 0.3 is 5.97 Å². The summed E-state index contributed by atoms with van der Waals surface area (Å²) in [6.07, 6.45) is 4.24. The Kier molecular flexibility index (Phi) is 6.36. The number of carbonyl (C=O) groups excluding carboxylic acids is 2. The van der Waals surface area contributed by atoms with Crippen molar-refractivity contribution in [1.82, 2.24) is 0 Å². The van der Waals surface area contributed by atoms with Crippen molar-refractivity contribution >= 4 is 35.5 Å². The summed E-state index contributed by atoms with van der Waals surface area (Å²) >= 11 is 0. The van der Waals surface area contributed by atoms with Crippen molar-refractivity contribution in [3.63, 3.8) is 0 Å². The van der Waals surface area contributed by atoms with E-state index in [-0.39, 0.29) is 0 Å². The van der Waals surface area contributed by atoms with Crippen LogP contribution in [-0.2, 0) is 16.1 Å². The first-order valence-electron chi connectivity index (χ1n) is 10.5. The van der Waals surface area contributed by atoms with Crippen LogP contribution in [0, 0.1) is 13.8 Å². The van der Waals surface area contributed by atoms with Gasteiger partial charge in [-0.05, 0) is 78.1 Å². The maximum absolute atomic E-state index is 12.2. The van der Waals surface area contributed by atoms with Gasteiger partial charge in [0.05, 0.1) is 24.0 Å². The van der Waals surface area contributed by atoms with Crippen LogP contribution < -0.4 is 10.1 Å². The van der Waals surface area contributed by atoms with Crippen molar-refractivity contribution < 1.29 is 19.1 Å². The van der Waals surface area contributed by atoms with Gasteiger partial charge in [-0.1, -0.05) is 24.3 Å². The van der Waals surface area contributed by atoms with Crippen LogP contribution in [0.15, 0.2) is 65.7 Å². The van der Waals surface area contributed by atoms with Crippen LogP contribution in [0.5, 0.6) is 5.75 Å². The molecule has 0 fully saturated rings. The maximum Gasteiger partial charge on any atom is 0.337 e. The quantitative estimate of drug-likeness (QED) is 0.328. The van der Waals surface area contributed by atoms with E-state index < -0.39 is 5.97 Å². The van der Waals surface area contributed by atoms with E-state index in [1.165, 1.54) is 7.11 Å². The number of ether oxygens (including phenoxy) is 2. The Bertz CT molecular complexity index is 1290. The average Bonchev–Trinajstić information content (AvgIpc) is 2.98. The summed E-state index contributed by atoms with van der Waals surface area (Å²) < 4.78 is 10.9. The summed E-state index contributed by atoms with van der Waals surface area (Å²) in [5, 5.41) is 2.71. The number of anilines is 1. The summed E-state index contributed by atoms with van der Waals surface area (Å²) in [7, 11) is 1.36. The van der Waals surface area contributed by atoms with Crippen molar-refractivity contribution in [1.29, 1.82) is 0 Å². The Morgan fingerprint density at radius 3 is 2.64 bits per heavy atom. The Morgan fingerprint density at radius 2 is 1.85 bits per heavy atom. The van der Waals surface area contributed by atoms with Gasteiger partial charge in [-0.3, -0.25) is 9.79 Å². The highest BCUT2D eigenvalue weighted by atomic mass is 16.5. The van der Waals surface area contributed by atoms with Gasteiger partial charge in [-0.15, -0.1) is 0 Å². The van der Waals surface area contributed by atoms with Crippen molar-refractivity contribution in [3.05, 3.63) is 94.1 Å². The minimum Gasteiger partial charge on any atom is -0.488 e. The van der Waals surface area contributed by atoms with Crippen LogP contribution in [0.25, 0.3) is 5.57 Å². The molecule has 0 aliphatic carbocycles. The van der Waals surface area contributed by atoms with Crippen molar-refractivity contribution in [2.24, 2.45) is 4.99 Å². The monoisotopic (exact) mass is 440 g/mol. The van der Waals surface area contributed by atoms with Gasteiger partial charge in [-0.2, -0.15) is 0 Å². The van der Waals surface area contributed by atoms with E-state index in [1.807, 2.05) is 56.3 Å². The highest BCUT2D eigenvalue weighted by Gasteiger charge is 2.20. The highest BCUT2D eigenvalue weighted by Crippen LogP contribution is 2.37. The lowest BCUT2D eigenvalue weighted by Crippen LogP contribution is -2.02. The number of nitrogens with zero attached hydrogens (tertiary/aromatic N) is 1. The third-order valence-electron chi connectivity index (χ3n) is 5.66. The predicted molar refractivity (Wildman–Crippen MR) is 129 cm³/mol. The smallest absolute Gasteiger partial charge is 0.337 e. The molecule has 0 spiro atoms. The third-order valence-corrected chi connectivity index (χ3v) is 5.66. The Morgan fingerprint density at radius 1 is 1.06 bits per heavy atom. The number of benzene rings is 3. The normalized spacial score (nSPS) is 13.6. The summed E-state index contributed by atoms with van der Waals surface area (Å²) in [4.78, 5) is 27.8. The average molecular weight is 440 g/mol. The van der Waals surface area contributed by atoms with E-state index >= 15 is 0 Å². The molecule has 1 aliphatic heterocycles. The van der Waals surface area contributed by atoms with Gasteiger partial charge < -0.3 is 14.8 Å². The van der Waals surface area contributed by atoms with Gasteiger partial charge in [0.15, 0.2) is 0 Å². The van der Waals surface area contributed by atoms with Gasteiger partial charge in [0, 0.05) is 11.8 Å². The zero-order valence-electron chi connectivity index (χ0n) is 18.7. The van der Waals surface area contributed by atoms with E-state index in [4.69, 9.17) is 9.47 Å². The first kappa shape index (κ1) is 22.0. The number of carbonyl (C=O) groups is 2. The molecule has 6 heteroatoms. The number of allylic oxidation sites excluding steroid dienone is 1. The molecule has 1 N–H and O–H groups in total. The number of hydrogen-bond acceptors (Lipinski definition) is 5. The Labute approximate surface area is 192 Å². The summed E-state index contributed by atoms with van der Waals surface area (Å²) in [6, 6.07) is 17.1. The molecule has 1 heterocycles. The van der Waals surface area contributed by atoms with E-state index in [1.54, 1.807) is 24.4 Å². The van der Waals surface area contributed by atoms with E-state index in [0.29, 0.717) is 35.7 Å². The number of aryl methyl sites for hydroxylation is 2. The van der Waals surface area contributed by atoms with Gasteiger partial charge in [0.25, 0.3) is 0 Å². The van der Waals surface area contributed by atoms with Crippen molar-refractivity contribution in [2.75, 3.05) is 12.4 Å². The zero-order chi connectivity index (χ0) is 23.4. The molecular formula is C27H24N2O4. The maximum atomic E-state index is 12.2. The molecule has 0 saturated carbocycles. The topological polar surface area (TPSA) is 77.0 Å². The van der Waals surface area contributed by atoms with Crippen LogP contribution >= 0.6 is 0 Å². The zero-order valence-corrected chi connectivity index (χ0v) is 18.7. The number of esters is 1. The molecule has 1 aliphatic rings. The van der Waals surface area contributed by atoms with Crippen LogP contribution in [-0.4, -0.2) is 25.7 Å². The van der Waals surface area contributed by atoms with Crippen molar-refractivity contribution in [2.45, 2.75) is 20.5 Å². The lowest BCUT2D eigenvalue weighted by atomic mass is 9.93. The largest absolute Gasteiger partial charge is 0.488 e. The second-order valence-corrected chi connectivity index (χ2v) is 7.72. The standard InChI is InChI=1S/C27H24N2O4/c1-17-12-24(25(29-16-30)13-18(17)2)28-11-10-22-21-7-5-4-6-20(21)15-33-26-9-8-19(14-23(22)26)27(31)32-3/h4-14,16H,15H2,1-3H3,(H,29,30)/b22-10+,28-11?. The molecular weight excluding hydrogens is 416 g/mol. The predicted octanol–water partition coefficient (Wildman–Crippen LogP) is 5.38. The molecule has 0 atom stereocenters. The molecule has 1 amide bonds. The summed E-state index contributed by atoms with van der Waals surface area (Å²) in [5.41, 5.74) is 7.56. The molecule has 0 aromatic heterocycles. The van der Waals surface area contributed by atoms with Gasteiger partial charge in [-0.25, -0.2) is 4.79 Å². The van der Waals surface area contributed by atoms with E-state index in [0.717, 1.165) is 33.4 Å². The number of fused-ring (bicyclic) bond motifs is 2. The first-order valence-corrected chi connectivity index (χ1v) is 10.5. The molecule has 3 aromatic carbocycles. The fraction of sp³-hybridized carbons (Fsp3) is 0.148. The fourth-order valence-corrected chi connectivity index (χ4v) is 3.78. The summed E-state index contributed by atoms with van der Waals surface area (Å²) in [5.74, 6) is 0.260. The molecule has 0 bridgehead atoms.